The number of hydrogen-bond donors (Lipinski definition) is 1. The zero-order valence-electron chi connectivity index (χ0n) is 22.3. The van der Waals surface area contributed by atoms with E-state index >= 15 is 0 Å². The number of thioether (sulfide) groups is 1. The molecule has 9 heteroatoms. The lowest BCUT2D eigenvalue weighted by Gasteiger charge is -2.37. The minimum atomic E-state index is -0.936. The van der Waals surface area contributed by atoms with Crippen molar-refractivity contribution in [2.75, 3.05) is 31.1 Å². The first-order valence-corrected chi connectivity index (χ1v) is 14.9. The number of benzene rings is 2. The molecular weight excluding hydrogens is 546 g/mol. The summed E-state index contributed by atoms with van der Waals surface area (Å²) in [5, 5.41) is 10.1. The molecule has 2 saturated heterocycles. The fourth-order valence-electron chi connectivity index (χ4n) is 6.89. The third kappa shape index (κ3) is 4.19. The standard InChI is InChI=1S/C31H32ClN3O4S/c1-30-14-7-16-33(20-21-10-3-2-4-11-21)27(37)24(30)25-28(38)35(18-9-19-36)26-29(39)34(17-8-15-31(25,26)40-30)23-13-6-5-12-22(23)32/h2-8,10-15,24-26,36H,9,16-20H2,1H3/t24-,25+,26?,30+,31+/m1/s1. The van der Waals surface area contributed by atoms with Crippen LogP contribution in [0.5, 0.6) is 0 Å². The van der Waals surface area contributed by atoms with Crippen LogP contribution in [0.3, 0.4) is 0 Å². The lowest BCUT2D eigenvalue weighted by molar-refractivity contribution is -0.144. The van der Waals surface area contributed by atoms with Gasteiger partial charge in [-0.05, 0) is 31.0 Å². The Labute approximate surface area is 243 Å². The summed E-state index contributed by atoms with van der Waals surface area (Å²) < 4.78 is -1.61. The van der Waals surface area contributed by atoms with Gasteiger partial charge in [-0.15, -0.1) is 11.8 Å². The summed E-state index contributed by atoms with van der Waals surface area (Å²) in [7, 11) is 0. The third-order valence-electron chi connectivity index (χ3n) is 8.56. The minimum Gasteiger partial charge on any atom is -0.396 e. The molecule has 2 aromatic rings. The Kier molecular flexibility index (Phi) is 7.05. The van der Waals surface area contributed by atoms with Crippen LogP contribution < -0.4 is 4.90 Å². The maximum Gasteiger partial charge on any atom is 0.251 e. The molecule has 1 unspecified atom stereocenters. The molecule has 0 aliphatic carbocycles. The van der Waals surface area contributed by atoms with Gasteiger partial charge in [0.25, 0.3) is 5.91 Å². The number of hydrogen-bond acceptors (Lipinski definition) is 5. The molecule has 0 bridgehead atoms. The Balaban J connectivity index is 1.43. The van der Waals surface area contributed by atoms with Gasteiger partial charge >= 0.3 is 0 Å². The molecule has 4 aliphatic rings. The number of para-hydroxylation sites is 1. The van der Waals surface area contributed by atoms with E-state index < -0.39 is 27.4 Å². The first kappa shape index (κ1) is 27.1. The van der Waals surface area contributed by atoms with Crippen molar-refractivity contribution in [3.8, 4) is 0 Å². The van der Waals surface area contributed by atoms with Crippen molar-refractivity contribution < 1.29 is 19.5 Å². The smallest absolute Gasteiger partial charge is 0.251 e. The van der Waals surface area contributed by atoms with E-state index in [0.29, 0.717) is 36.8 Å². The van der Waals surface area contributed by atoms with E-state index in [4.69, 9.17) is 11.6 Å². The van der Waals surface area contributed by atoms with Crippen molar-refractivity contribution in [2.24, 2.45) is 11.8 Å². The summed E-state index contributed by atoms with van der Waals surface area (Å²) in [6.07, 6.45) is 8.37. The van der Waals surface area contributed by atoms with Gasteiger partial charge in [-0.25, -0.2) is 0 Å². The summed E-state index contributed by atoms with van der Waals surface area (Å²) in [5.41, 5.74) is 1.61. The maximum absolute atomic E-state index is 14.4. The van der Waals surface area contributed by atoms with Crippen molar-refractivity contribution in [1.29, 1.82) is 0 Å². The average Bonchev–Trinajstić information content (AvgIpc) is 3.21. The van der Waals surface area contributed by atoms with Crippen LogP contribution in [0.1, 0.15) is 18.9 Å². The molecule has 0 saturated carbocycles. The Hall–Kier alpha value is -3.07. The third-order valence-corrected chi connectivity index (χ3v) is 10.7. The summed E-state index contributed by atoms with van der Waals surface area (Å²) in [6, 6.07) is 16.2. The number of rotatable bonds is 6. The highest BCUT2D eigenvalue weighted by atomic mass is 35.5. The molecular formula is C31H32ClN3O4S. The van der Waals surface area contributed by atoms with Gasteiger partial charge in [-0.3, -0.25) is 14.4 Å². The Morgan fingerprint density at radius 2 is 1.65 bits per heavy atom. The average molecular weight is 578 g/mol. The van der Waals surface area contributed by atoms with Crippen LogP contribution in [0.15, 0.2) is 78.9 Å². The molecule has 0 radical (unpaired) electrons. The molecule has 4 heterocycles. The maximum atomic E-state index is 14.4. The second-order valence-corrected chi connectivity index (χ2v) is 13.2. The fraction of sp³-hybridized carbons (Fsp3) is 0.387. The van der Waals surface area contributed by atoms with Crippen LogP contribution in [-0.4, -0.2) is 74.4 Å². The normalized spacial score (nSPS) is 31.2. The molecule has 1 spiro atoms. The lowest BCUT2D eigenvalue weighted by atomic mass is 9.74. The predicted molar refractivity (Wildman–Crippen MR) is 157 cm³/mol. The largest absolute Gasteiger partial charge is 0.396 e. The molecule has 3 amide bonds. The van der Waals surface area contributed by atoms with Gasteiger partial charge in [-0.2, -0.15) is 0 Å². The topological polar surface area (TPSA) is 81.2 Å². The number of anilines is 1. The van der Waals surface area contributed by atoms with E-state index in [2.05, 4.69) is 6.08 Å². The Morgan fingerprint density at radius 3 is 2.40 bits per heavy atom. The van der Waals surface area contributed by atoms with Gasteiger partial charge in [0, 0.05) is 37.5 Å². The van der Waals surface area contributed by atoms with Crippen LogP contribution in [-0.2, 0) is 20.9 Å². The van der Waals surface area contributed by atoms with Crippen LogP contribution in [0.4, 0.5) is 5.69 Å². The molecule has 40 heavy (non-hydrogen) atoms. The quantitative estimate of drug-likeness (QED) is 0.527. The number of amides is 3. The van der Waals surface area contributed by atoms with Crippen LogP contribution >= 0.6 is 23.4 Å². The number of aliphatic hydroxyl groups is 1. The van der Waals surface area contributed by atoms with Gasteiger partial charge in [0.15, 0.2) is 0 Å². The van der Waals surface area contributed by atoms with Crippen molar-refractivity contribution in [2.45, 2.75) is 35.4 Å². The van der Waals surface area contributed by atoms with Crippen molar-refractivity contribution in [3.63, 3.8) is 0 Å². The van der Waals surface area contributed by atoms with Gasteiger partial charge in [-0.1, -0.05) is 78.4 Å². The van der Waals surface area contributed by atoms with Gasteiger partial charge in [0.1, 0.15) is 6.04 Å². The molecule has 7 nitrogen and oxygen atoms in total. The van der Waals surface area contributed by atoms with Crippen LogP contribution in [0, 0.1) is 11.8 Å². The molecule has 208 valence electrons. The number of likely N-dealkylation sites (tertiary alicyclic amines) is 1. The van der Waals surface area contributed by atoms with E-state index in [0.717, 1.165) is 5.56 Å². The van der Waals surface area contributed by atoms with Gasteiger partial charge in [0.2, 0.25) is 11.8 Å². The van der Waals surface area contributed by atoms with E-state index in [1.54, 1.807) is 33.7 Å². The van der Waals surface area contributed by atoms with E-state index in [-0.39, 0.29) is 30.9 Å². The van der Waals surface area contributed by atoms with Crippen molar-refractivity contribution in [3.05, 3.63) is 89.5 Å². The second-order valence-electron chi connectivity index (χ2n) is 11.0. The Morgan fingerprint density at radius 1 is 0.925 bits per heavy atom. The molecule has 1 N–H and O–H groups in total. The van der Waals surface area contributed by atoms with Crippen LogP contribution in [0.25, 0.3) is 0 Å². The predicted octanol–water partition coefficient (Wildman–Crippen LogP) is 3.91. The molecule has 2 aromatic carbocycles. The fourth-order valence-corrected chi connectivity index (χ4v) is 9.28. The summed E-state index contributed by atoms with van der Waals surface area (Å²) in [4.78, 5) is 48.2. The monoisotopic (exact) mass is 577 g/mol. The zero-order valence-corrected chi connectivity index (χ0v) is 23.9. The van der Waals surface area contributed by atoms with Crippen molar-refractivity contribution in [1.82, 2.24) is 9.80 Å². The molecule has 2 fully saturated rings. The lowest BCUT2D eigenvalue weighted by Crippen LogP contribution is -2.53. The number of aliphatic hydroxyl groups excluding tert-OH is 1. The van der Waals surface area contributed by atoms with Crippen LogP contribution in [0.2, 0.25) is 5.02 Å². The van der Waals surface area contributed by atoms with E-state index in [1.165, 1.54) is 0 Å². The highest BCUT2D eigenvalue weighted by molar-refractivity contribution is 8.02. The Bertz CT molecular complexity index is 1400. The SMILES string of the molecule is C[C@]12C=CCN(Cc3ccccc3)C(=O)[C@H]1[C@H]1C(=O)N(CCCO)C3C(=O)N(c4ccccc4Cl)CC=C[C@@]31S2. The summed E-state index contributed by atoms with van der Waals surface area (Å²) >= 11 is 8.08. The first-order valence-electron chi connectivity index (χ1n) is 13.7. The van der Waals surface area contributed by atoms with Gasteiger partial charge in [0.05, 0.1) is 27.3 Å². The number of fused-ring (bicyclic) bond motifs is 2. The van der Waals surface area contributed by atoms with Crippen molar-refractivity contribution >= 4 is 46.8 Å². The highest BCUT2D eigenvalue weighted by Gasteiger charge is 2.73. The highest BCUT2D eigenvalue weighted by Crippen LogP contribution is 2.65. The number of nitrogens with zero attached hydrogens (tertiary/aromatic N) is 3. The summed E-state index contributed by atoms with van der Waals surface area (Å²) in [5.74, 6) is -1.86. The van der Waals surface area contributed by atoms with E-state index in [1.807, 2.05) is 72.5 Å². The van der Waals surface area contributed by atoms with Gasteiger partial charge < -0.3 is 19.8 Å². The number of carbonyl (C=O) groups excluding carboxylic acids is 3. The summed E-state index contributed by atoms with van der Waals surface area (Å²) in [6.45, 7) is 3.36. The minimum absolute atomic E-state index is 0.0742. The number of halogens is 1. The zero-order chi connectivity index (χ0) is 28.1. The molecule has 6 rings (SSSR count). The first-order chi connectivity index (χ1) is 19.3. The number of carbonyl (C=O) groups is 3. The molecule has 5 atom stereocenters. The molecule has 4 aliphatic heterocycles. The second kappa shape index (κ2) is 10.4. The van der Waals surface area contributed by atoms with E-state index in [9.17, 15) is 19.5 Å². The molecule has 0 aromatic heterocycles.